The van der Waals surface area contributed by atoms with Gasteiger partial charge in [0.1, 0.15) is 19.3 Å². The van der Waals surface area contributed by atoms with Crippen LogP contribution in [0.5, 0.6) is 0 Å². The fourth-order valence-corrected chi connectivity index (χ4v) is 4.73. The maximum Gasteiger partial charge on any atom is 0.414 e. The third kappa shape index (κ3) is 5.33. The Morgan fingerprint density at radius 3 is 2.69 bits per heavy atom. The van der Waals surface area contributed by atoms with Crippen molar-refractivity contribution >= 4 is 43.6 Å². The lowest BCUT2D eigenvalue weighted by Gasteiger charge is -2.47. The predicted molar refractivity (Wildman–Crippen MR) is 139 cm³/mol. The lowest BCUT2D eigenvalue weighted by atomic mass is 9.66. The normalized spacial score (nSPS) is 19.9. The highest BCUT2D eigenvalue weighted by Crippen LogP contribution is 2.41. The first-order valence-electron chi connectivity index (χ1n) is 11.8. The smallest absolute Gasteiger partial charge is 0.414 e. The molecule has 0 N–H and O–H groups in total. The van der Waals surface area contributed by atoms with E-state index in [4.69, 9.17) is 12.6 Å². The number of rotatable bonds is 7. The highest BCUT2D eigenvalue weighted by molar-refractivity contribution is 7.98. The zero-order chi connectivity index (χ0) is 25.4. The van der Waals surface area contributed by atoms with Crippen LogP contribution in [-0.4, -0.2) is 66.7 Å². The molecule has 2 heterocycles. The Kier molecular flexibility index (Phi) is 7.15. The van der Waals surface area contributed by atoms with Crippen LogP contribution < -0.4 is 9.80 Å². The number of benzene rings is 1. The molecule has 2 aromatic rings. The van der Waals surface area contributed by atoms with Crippen molar-refractivity contribution in [2.24, 2.45) is 0 Å². The van der Waals surface area contributed by atoms with Gasteiger partial charge in [-0.25, -0.2) is 14.8 Å². The van der Waals surface area contributed by atoms with Crippen LogP contribution in [0.15, 0.2) is 35.6 Å². The molecule has 10 heteroatoms. The topological polar surface area (TPSA) is 78.9 Å². The van der Waals surface area contributed by atoms with Crippen molar-refractivity contribution in [2.75, 3.05) is 29.6 Å². The monoisotopic (exact) mass is 493 g/mol. The number of carbonyl (C=O) groups is 2. The molecule has 0 saturated heterocycles. The van der Waals surface area contributed by atoms with E-state index in [2.05, 4.69) is 14.9 Å². The zero-order valence-electron chi connectivity index (χ0n) is 21.0. The Morgan fingerprint density at radius 2 is 2.06 bits per heavy atom. The molecule has 35 heavy (non-hydrogen) atoms. The maximum absolute atomic E-state index is 12.9. The minimum absolute atomic E-state index is 0.186. The minimum Gasteiger partial charge on any atom is -0.443 e. The summed E-state index contributed by atoms with van der Waals surface area (Å²) in [7, 11) is 9.01. The van der Waals surface area contributed by atoms with E-state index in [0.717, 1.165) is 36.1 Å². The van der Waals surface area contributed by atoms with E-state index in [1.807, 2.05) is 58.3 Å². The summed E-state index contributed by atoms with van der Waals surface area (Å²) in [5, 5.41) is 0.623. The summed E-state index contributed by atoms with van der Waals surface area (Å²) in [6, 6.07) is 7.86. The van der Waals surface area contributed by atoms with Gasteiger partial charge in [-0.05, 0) is 65.0 Å². The number of aromatic nitrogens is 2. The SMILES string of the molecule is [B]C1(N(C)Cc2cnc(SC)nc2N(C=O)C2CC2)CCN(C(=O)OC(C)(C)C)c2ccccc21. The molecular weight excluding hydrogens is 461 g/mol. The second-order valence-electron chi connectivity index (χ2n) is 10.1. The summed E-state index contributed by atoms with van der Waals surface area (Å²) in [6.07, 6.45) is 6.64. The molecule has 4 rings (SSSR count). The lowest BCUT2D eigenvalue weighted by molar-refractivity contribution is -0.107. The second kappa shape index (κ2) is 9.81. The number of anilines is 2. The summed E-state index contributed by atoms with van der Waals surface area (Å²) in [5.41, 5.74) is 0.990. The zero-order valence-corrected chi connectivity index (χ0v) is 21.8. The van der Waals surface area contributed by atoms with E-state index < -0.39 is 11.0 Å². The highest BCUT2D eigenvalue weighted by Gasteiger charge is 2.41. The average Bonchev–Trinajstić information content (AvgIpc) is 3.65. The molecule has 2 radical (unpaired) electrons. The van der Waals surface area contributed by atoms with E-state index in [1.165, 1.54) is 11.8 Å². The molecule has 8 nitrogen and oxygen atoms in total. The van der Waals surface area contributed by atoms with Crippen LogP contribution in [0.2, 0.25) is 0 Å². The van der Waals surface area contributed by atoms with Gasteiger partial charge in [-0.3, -0.25) is 14.6 Å². The largest absolute Gasteiger partial charge is 0.443 e. The molecule has 1 aromatic heterocycles. The first kappa shape index (κ1) is 25.5. The third-order valence-corrected chi connectivity index (χ3v) is 6.94. The first-order valence-corrected chi connectivity index (χ1v) is 13.0. The first-order chi connectivity index (χ1) is 16.6. The molecule has 1 fully saturated rings. The molecule has 0 bridgehead atoms. The van der Waals surface area contributed by atoms with Crippen LogP contribution in [0.3, 0.4) is 0 Å². The molecule has 1 atom stereocenters. The number of ether oxygens (including phenoxy) is 1. The van der Waals surface area contributed by atoms with Crippen molar-refractivity contribution in [2.45, 2.75) is 68.8 Å². The molecule has 0 spiro atoms. The van der Waals surface area contributed by atoms with Crippen molar-refractivity contribution in [3.8, 4) is 0 Å². The van der Waals surface area contributed by atoms with Gasteiger partial charge in [0.25, 0.3) is 0 Å². The van der Waals surface area contributed by atoms with Crippen molar-refractivity contribution in [3.63, 3.8) is 0 Å². The van der Waals surface area contributed by atoms with E-state index in [0.29, 0.717) is 30.5 Å². The maximum atomic E-state index is 12.9. The van der Waals surface area contributed by atoms with Gasteiger partial charge in [0.15, 0.2) is 5.16 Å². The third-order valence-electron chi connectivity index (χ3n) is 6.38. The Morgan fingerprint density at radius 1 is 1.34 bits per heavy atom. The standard InChI is InChI=1S/C25H32BN5O3S/c1-24(2,3)34-23(33)30-13-12-25(26,19-8-6-7-9-20(19)30)29(4)15-17-14-27-22(35-5)28-21(17)31(16-32)18-10-11-18/h6-9,14,16,18H,10-13,15H2,1-5H3. The van der Waals surface area contributed by atoms with Crippen molar-refractivity contribution < 1.29 is 14.3 Å². The molecule has 1 aliphatic heterocycles. The van der Waals surface area contributed by atoms with Crippen LogP contribution in [0.1, 0.15) is 51.2 Å². The van der Waals surface area contributed by atoms with Gasteiger partial charge >= 0.3 is 6.09 Å². The summed E-state index contributed by atoms with van der Waals surface area (Å²) >= 11 is 1.44. The average molecular weight is 493 g/mol. The highest BCUT2D eigenvalue weighted by atomic mass is 32.2. The second-order valence-corrected chi connectivity index (χ2v) is 10.9. The lowest BCUT2D eigenvalue weighted by Crippen LogP contribution is -2.52. The Balaban J connectivity index is 1.64. The number of carbonyl (C=O) groups excluding carboxylic acids is 2. The van der Waals surface area contributed by atoms with Crippen molar-refractivity contribution in [1.82, 2.24) is 14.9 Å². The molecular formula is C25H32BN5O3S. The van der Waals surface area contributed by atoms with Gasteiger partial charge in [0.05, 0.1) is 5.69 Å². The summed E-state index contributed by atoms with van der Waals surface area (Å²) in [4.78, 5) is 39.4. The summed E-state index contributed by atoms with van der Waals surface area (Å²) in [5.74, 6) is 0.636. The van der Waals surface area contributed by atoms with Gasteiger partial charge in [-0.2, -0.15) is 0 Å². The molecule has 1 saturated carbocycles. The van der Waals surface area contributed by atoms with Crippen molar-refractivity contribution in [1.29, 1.82) is 0 Å². The van der Waals surface area contributed by atoms with Crippen LogP contribution in [0.25, 0.3) is 0 Å². The summed E-state index contributed by atoms with van der Waals surface area (Å²) < 4.78 is 5.64. The van der Waals surface area contributed by atoms with Crippen LogP contribution in [-0.2, 0) is 21.5 Å². The van der Waals surface area contributed by atoms with Crippen LogP contribution in [0, 0.1) is 0 Å². The fraction of sp³-hybridized carbons (Fsp3) is 0.520. The number of hydrogen-bond donors (Lipinski definition) is 0. The van der Waals surface area contributed by atoms with E-state index in [9.17, 15) is 9.59 Å². The molecule has 1 aliphatic carbocycles. The Hall–Kier alpha value is -2.59. The number of para-hydroxylation sites is 1. The summed E-state index contributed by atoms with van der Waals surface area (Å²) in [6.45, 7) is 6.43. The van der Waals surface area contributed by atoms with Crippen LogP contribution in [0.4, 0.5) is 16.3 Å². The minimum atomic E-state index is -0.837. The van der Waals surface area contributed by atoms with Crippen LogP contribution >= 0.6 is 11.8 Å². The molecule has 1 unspecified atom stereocenters. The molecule has 2 aliphatic rings. The van der Waals surface area contributed by atoms with Gasteiger partial charge in [-0.15, -0.1) is 0 Å². The number of thioether (sulfide) groups is 1. The van der Waals surface area contributed by atoms with Crippen molar-refractivity contribution in [3.05, 3.63) is 41.6 Å². The Labute approximate surface area is 212 Å². The molecule has 184 valence electrons. The fourth-order valence-electron chi connectivity index (χ4n) is 4.39. The number of fused-ring (bicyclic) bond motifs is 1. The van der Waals surface area contributed by atoms with Gasteiger partial charge in [-0.1, -0.05) is 30.0 Å². The van der Waals surface area contributed by atoms with Gasteiger partial charge < -0.3 is 9.64 Å². The predicted octanol–water partition coefficient (Wildman–Crippen LogP) is 3.92. The number of amides is 2. The number of nitrogens with zero attached hydrogens (tertiary/aromatic N) is 5. The molecule has 2 amide bonds. The number of hydrogen-bond acceptors (Lipinski definition) is 7. The molecule has 1 aromatic carbocycles. The van der Waals surface area contributed by atoms with E-state index in [-0.39, 0.29) is 12.1 Å². The quantitative estimate of drug-likeness (QED) is 0.250. The van der Waals surface area contributed by atoms with Gasteiger partial charge in [0, 0.05) is 36.3 Å². The van der Waals surface area contributed by atoms with E-state index in [1.54, 1.807) is 16.0 Å². The van der Waals surface area contributed by atoms with E-state index >= 15 is 0 Å². The Bertz CT molecular complexity index is 1110. The van der Waals surface area contributed by atoms with Gasteiger partial charge in [0.2, 0.25) is 6.41 Å².